The predicted octanol–water partition coefficient (Wildman–Crippen LogP) is 3.36. The zero-order chi connectivity index (χ0) is 19.1. The summed E-state index contributed by atoms with van der Waals surface area (Å²) < 4.78 is 5.36. The Bertz CT molecular complexity index is 999. The van der Waals surface area contributed by atoms with Crippen LogP contribution in [0.3, 0.4) is 0 Å². The Labute approximate surface area is 163 Å². The molecule has 1 aromatic heterocycles. The highest BCUT2D eigenvalue weighted by molar-refractivity contribution is 5.87. The average Bonchev–Trinajstić information content (AvgIpc) is 3.41. The number of carbonyl (C=O) groups excluding carboxylic acids is 1. The summed E-state index contributed by atoms with van der Waals surface area (Å²) in [5.74, 6) is 0.0925. The molecule has 1 amide bonds. The number of aliphatic hydroxyl groups excluding tert-OH is 1. The maximum Gasteiger partial charge on any atom is 0.229 e. The molecule has 2 saturated heterocycles. The van der Waals surface area contributed by atoms with Gasteiger partial charge in [0.2, 0.25) is 5.91 Å². The molecular formula is C23H24N2O3. The first-order valence-corrected chi connectivity index (χ1v) is 9.99. The van der Waals surface area contributed by atoms with Gasteiger partial charge in [-0.05, 0) is 43.4 Å². The molecule has 5 nitrogen and oxygen atoms in total. The zero-order valence-electron chi connectivity index (χ0n) is 15.8. The van der Waals surface area contributed by atoms with Gasteiger partial charge in [-0.1, -0.05) is 47.6 Å². The molecule has 28 heavy (non-hydrogen) atoms. The molecule has 5 heteroatoms. The van der Waals surface area contributed by atoms with E-state index >= 15 is 0 Å². The third kappa shape index (κ3) is 2.73. The second-order valence-corrected chi connectivity index (χ2v) is 8.24. The summed E-state index contributed by atoms with van der Waals surface area (Å²) in [6.07, 6.45) is 3.91. The van der Waals surface area contributed by atoms with Crippen LogP contribution in [0.2, 0.25) is 0 Å². The number of amides is 1. The minimum absolute atomic E-state index is 0.0911. The van der Waals surface area contributed by atoms with Crippen molar-refractivity contribution in [3.8, 4) is 0 Å². The number of aliphatic hydroxyl groups is 1. The average molecular weight is 376 g/mol. The van der Waals surface area contributed by atoms with Crippen molar-refractivity contribution >= 4 is 16.9 Å². The van der Waals surface area contributed by atoms with Crippen molar-refractivity contribution in [1.29, 1.82) is 0 Å². The van der Waals surface area contributed by atoms with E-state index in [2.05, 4.69) is 17.3 Å². The molecule has 0 aliphatic carbocycles. The smallest absolute Gasteiger partial charge is 0.229 e. The van der Waals surface area contributed by atoms with Crippen LogP contribution in [0, 0.1) is 5.41 Å². The molecule has 0 spiro atoms. The Morgan fingerprint density at radius 2 is 1.93 bits per heavy atom. The Hall–Kier alpha value is -2.66. The van der Waals surface area contributed by atoms with Crippen LogP contribution < -0.4 is 0 Å². The van der Waals surface area contributed by atoms with Gasteiger partial charge < -0.3 is 14.5 Å². The number of nitrogens with zero attached hydrogens (tertiary/aromatic N) is 2. The van der Waals surface area contributed by atoms with Crippen molar-refractivity contribution in [1.82, 2.24) is 10.1 Å². The van der Waals surface area contributed by atoms with E-state index in [1.54, 1.807) is 0 Å². The summed E-state index contributed by atoms with van der Waals surface area (Å²) in [6.45, 7) is 0.111. The number of carbonyl (C=O) groups is 1. The monoisotopic (exact) mass is 376 g/mol. The lowest BCUT2D eigenvalue weighted by molar-refractivity contribution is -0.132. The first-order chi connectivity index (χ1) is 13.7. The number of benzene rings is 2. The molecule has 3 aromatic rings. The van der Waals surface area contributed by atoms with Crippen LogP contribution in [0.5, 0.6) is 0 Å². The van der Waals surface area contributed by atoms with E-state index in [4.69, 9.17) is 4.52 Å². The lowest BCUT2D eigenvalue weighted by atomic mass is 9.70. The highest BCUT2D eigenvalue weighted by Gasteiger charge is 2.56. The minimum atomic E-state index is -0.244. The van der Waals surface area contributed by atoms with Crippen LogP contribution in [0.15, 0.2) is 59.1 Å². The van der Waals surface area contributed by atoms with Gasteiger partial charge in [-0.3, -0.25) is 4.79 Å². The van der Waals surface area contributed by atoms with Gasteiger partial charge in [-0.2, -0.15) is 0 Å². The summed E-state index contributed by atoms with van der Waals surface area (Å²) in [7, 11) is 0. The van der Waals surface area contributed by atoms with Gasteiger partial charge in [0.15, 0.2) is 5.58 Å². The number of rotatable bonds is 5. The second-order valence-electron chi connectivity index (χ2n) is 8.24. The first-order valence-electron chi connectivity index (χ1n) is 9.99. The summed E-state index contributed by atoms with van der Waals surface area (Å²) in [6, 6.07) is 18.2. The second kappa shape index (κ2) is 6.74. The fourth-order valence-corrected chi connectivity index (χ4v) is 5.39. The summed E-state index contributed by atoms with van der Waals surface area (Å²) >= 11 is 0. The normalized spacial score (nSPS) is 26.2. The third-order valence-corrected chi connectivity index (χ3v) is 6.62. The van der Waals surface area contributed by atoms with Crippen LogP contribution in [0.25, 0.3) is 11.0 Å². The molecule has 2 aliphatic heterocycles. The van der Waals surface area contributed by atoms with Crippen LogP contribution in [0.4, 0.5) is 0 Å². The molecule has 5 rings (SSSR count). The molecular weight excluding hydrogens is 352 g/mol. The Balaban J connectivity index is 1.39. The van der Waals surface area contributed by atoms with E-state index in [1.165, 1.54) is 5.56 Å². The van der Waals surface area contributed by atoms with Gasteiger partial charge in [0, 0.05) is 22.9 Å². The van der Waals surface area contributed by atoms with Gasteiger partial charge >= 0.3 is 0 Å². The fraction of sp³-hybridized carbons (Fsp3) is 0.391. The van der Waals surface area contributed by atoms with E-state index < -0.39 is 0 Å². The lowest BCUT2D eigenvalue weighted by Crippen LogP contribution is -2.44. The summed E-state index contributed by atoms with van der Waals surface area (Å²) in [4.78, 5) is 15.3. The van der Waals surface area contributed by atoms with Crippen molar-refractivity contribution in [2.45, 2.75) is 44.2 Å². The molecule has 0 radical (unpaired) electrons. The quantitative estimate of drug-likeness (QED) is 0.742. The first kappa shape index (κ1) is 17.4. The third-order valence-electron chi connectivity index (χ3n) is 6.62. The summed E-state index contributed by atoms with van der Waals surface area (Å²) in [5, 5.41) is 15.4. The van der Waals surface area contributed by atoms with E-state index in [0.717, 1.165) is 31.1 Å². The minimum Gasteiger partial charge on any atom is -0.396 e. The van der Waals surface area contributed by atoms with Gasteiger partial charge in [-0.25, -0.2) is 0 Å². The van der Waals surface area contributed by atoms with Crippen molar-refractivity contribution < 1.29 is 14.4 Å². The predicted molar refractivity (Wildman–Crippen MR) is 106 cm³/mol. The number of hydrogen-bond donors (Lipinski definition) is 1. The topological polar surface area (TPSA) is 66.6 Å². The van der Waals surface area contributed by atoms with Crippen molar-refractivity contribution in [3.63, 3.8) is 0 Å². The lowest BCUT2D eigenvalue weighted by Gasteiger charge is -2.36. The Morgan fingerprint density at radius 3 is 2.75 bits per heavy atom. The van der Waals surface area contributed by atoms with Crippen LogP contribution in [-0.4, -0.2) is 39.8 Å². The van der Waals surface area contributed by atoms with Gasteiger partial charge in [-0.15, -0.1) is 0 Å². The SMILES string of the molecule is O=C(Cc1noc2ccccc12)N1[C@@H]2CC[C@H]1[C@](CO)(Cc1ccccc1)C2. The van der Waals surface area contributed by atoms with Crippen LogP contribution >= 0.6 is 0 Å². The van der Waals surface area contributed by atoms with Crippen molar-refractivity contribution in [3.05, 3.63) is 65.9 Å². The van der Waals surface area contributed by atoms with Crippen molar-refractivity contribution in [2.75, 3.05) is 6.61 Å². The highest BCUT2D eigenvalue weighted by Crippen LogP contribution is 2.51. The van der Waals surface area contributed by atoms with E-state index in [0.29, 0.717) is 11.3 Å². The molecule has 2 aliphatic rings. The number of fused-ring (bicyclic) bond motifs is 3. The van der Waals surface area contributed by atoms with Crippen molar-refractivity contribution in [2.24, 2.45) is 5.41 Å². The molecule has 3 heterocycles. The van der Waals surface area contributed by atoms with E-state index in [9.17, 15) is 9.90 Å². The highest BCUT2D eigenvalue weighted by atomic mass is 16.5. The van der Waals surface area contributed by atoms with E-state index in [-0.39, 0.29) is 36.4 Å². The number of aromatic nitrogens is 1. The Kier molecular flexibility index (Phi) is 4.20. The zero-order valence-corrected chi connectivity index (χ0v) is 15.8. The number of para-hydroxylation sites is 1. The largest absolute Gasteiger partial charge is 0.396 e. The molecule has 0 saturated carbocycles. The van der Waals surface area contributed by atoms with Gasteiger partial charge in [0.05, 0.1) is 13.0 Å². The maximum absolute atomic E-state index is 13.2. The Morgan fingerprint density at radius 1 is 1.14 bits per heavy atom. The molecule has 2 aromatic carbocycles. The standard InChI is InChI=1S/C23H24N2O3/c26-15-23(13-16-6-2-1-3-7-16)14-17-10-11-21(23)25(17)22(27)12-19-18-8-4-5-9-20(18)28-24-19/h1-9,17,21,26H,10-15H2/t17-,21+,23-/m1/s1. The molecule has 2 fully saturated rings. The van der Waals surface area contributed by atoms with E-state index in [1.807, 2.05) is 47.4 Å². The van der Waals surface area contributed by atoms with Gasteiger partial charge in [0.25, 0.3) is 0 Å². The maximum atomic E-state index is 13.2. The van der Waals surface area contributed by atoms with Crippen LogP contribution in [-0.2, 0) is 17.6 Å². The number of hydrogen-bond acceptors (Lipinski definition) is 4. The molecule has 144 valence electrons. The fourth-order valence-electron chi connectivity index (χ4n) is 5.39. The molecule has 0 unspecified atom stereocenters. The molecule has 2 bridgehead atoms. The molecule has 1 N–H and O–H groups in total. The van der Waals surface area contributed by atoms with Gasteiger partial charge in [0.1, 0.15) is 5.69 Å². The summed E-state index contributed by atoms with van der Waals surface area (Å²) in [5.41, 5.74) is 2.39. The molecule has 3 atom stereocenters. The van der Waals surface area contributed by atoms with Crippen LogP contribution in [0.1, 0.15) is 30.5 Å².